The predicted molar refractivity (Wildman–Crippen MR) is 67.4 cm³/mol. The molecule has 0 aromatic rings. The average molecular weight is 326 g/mol. The zero-order valence-electron chi connectivity index (χ0n) is 10.7. The van der Waals surface area contributed by atoms with Crippen molar-refractivity contribution in [3.63, 3.8) is 0 Å². The van der Waals surface area contributed by atoms with Gasteiger partial charge in [-0.05, 0) is 39.3 Å². The smallest absolute Gasteiger partial charge is 0.326 e. The minimum Gasteiger partial charge on any atom is -0.326 e. The summed E-state index contributed by atoms with van der Waals surface area (Å²) in [4.78, 5) is 0. The van der Waals surface area contributed by atoms with Crippen LogP contribution in [0.2, 0.25) is 39.3 Å². The third-order valence-electron chi connectivity index (χ3n) is 0.961. The van der Waals surface area contributed by atoms with Crippen LogP contribution >= 0.6 is 15.8 Å². The molecule has 0 aromatic heterocycles. The second kappa shape index (κ2) is 5.32. The Bertz CT molecular complexity index is 330. The van der Waals surface area contributed by atoms with Crippen molar-refractivity contribution in [3.05, 3.63) is 0 Å². The van der Waals surface area contributed by atoms with Crippen LogP contribution in [0.5, 0.6) is 0 Å². The molecule has 0 radical (unpaired) electrons. The van der Waals surface area contributed by atoms with Crippen LogP contribution in [0.1, 0.15) is 0 Å². The molecule has 2 atom stereocenters. The maximum absolute atomic E-state index is 13.3. The van der Waals surface area contributed by atoms with E-state index in [2.05, 4.69) is 12.7 Å². The highest BCUT2D eigenvalue weighted by molar-refractivity contribution is 7.63. The highest BCUT2D eigenvalue weighted by Crippen LogP contribution is 2.68. The molecule has 104 valence electrons. The van der Waals surface area contributed by atoms with Gasteiger partial charge in [0, 0.05) is 0 Å². The number of hydrogen-bond donors (Lipinski definition) is 0. The van der Waals surface area contributed by atoms with Gasteiger partial charge in [-0.3, -0.25) is 0 Å². The Hall–Kier alpha value is 0.634. The van der Waals surface area contributed by atoms with E-state index in [4.69, 9.17) is 0 Å². The van der Waals surface area contributed by atoms with Crippen molar-refractivity contribution in [1.29, 1.82) is 0 Å². The average Bonchev–Trinajstić information content (AvgIpc) is 1.65. The van der Waals surface area contributed by atoms with Gasteiger partial charge in [-0.2, -0.15) is 4.31 Å². The number of hydrogen-bond acceptors (Lipinski definition) is 5. The second-order valence-electron chi connectivity index (χ2n) is 5.35. The lowest BCUT2D eigenvalue weighted by atomic mass is 11.8. The van der Waals surface area contributed by atoms with Gasteiger partial charge >= 0.3 is 15.8 Å². The van der Waals surface area contributed by atoms with Crippen LogP contribution in [-0.2, 0) is 21.9 Å². The fourth-order valence-electron chi connectivity index (χ4n) is 0.804. The van der Waals surface area contributed by atoms with Crippen molar-refractivity contribution < 1.29 is 30.3 Å². The summed E-state index contributed by atoms with van der Waals surface area (Å²) in [5.41, 5.74) is 0. The first kappa shape index (κ1) is 17.6. The van der Waals surface area contributed by atoms with E-state index in [9.17, 15) is 17.5 Å². The van der Waals surface area contributed by atoms with Crippen LogP contribution in [0.15, 0.2) is 0 Å². The molecular formula is C6H18F2O5P2Si2. The molecule has 5 nitrogen and oxygen atoms in total. The standard InChI is InChI=1S/C6H18F2O5P2Si2/c1-16(2,3)12-14(7,9)11-15(8,10)13-17(4,5)6/h1-6H3. The molecule has 0 saturated heterocycles. The van der Waals surface area contributed by atoms with Crippen molar-refractivity contribution >= 4 is 32.4 Å². The molecule has 0 aromatic carbocycles. The summed E-state index contributed by atoms with van der Waals surface area (Å²) >= 11 is 0. The van der Waals surface area contributed by atoms with E-state index in [1.165, 1.54) is 39.3 Å². The van der Waals surface area contributed by atoms with E-state index in [-0.39, 0.29) is 0 Å². The molecular weight excluding hydrogens is 308 g/mol. The largest absolute Gasteiger partial charge is 0.512 e. The van der Waals surface area contributed by atoms with Gasteiger partial charge in [0.1, 0.15) is 0 Å². The summed E-state index contributed by atoms with van der Waals surface area (Å²) in [5.74, 6) is 0. The SMILES string of the molecule is C[Si](C)(C)OP(=O)(F)OP(=O)(F)O[Si](C)(C)C. The summed E-state index contributed by atoms with van der Waals surface area (Å²) in [6, 6.07) is 0. The van der Waals surface area contributed by atoms with Crippen LogP contribution in [0.25, 0.3) is 0 Å². The van der Waals surface area contributed by atoms with Gasteiger partial charge in [0.2, 0.25) is 0 Å². The van der Waals surface area contributed by atoms with Crippen LogP contribution in [0, 0.1) is 0 Å². The molecule has 17 heavy (non-hydrogen) atoms. The zero-order valence-corrected chi connectivity index (χ0v) is 14.5. The normalized spacial score (nSPS) is 20.7. The summed E-state index contributed by atoms with van der Waals surface area (Å²) < 4.78 is 61.8. The van der Waals surface area contributed by atoms with Gasteiger partial charge in [-0.15, -0.1) is 8.39 Å². The quantitative estimate of drug-likeness (QED) is 0.515. The molecule has 0 N–H and O–H groups in total. The lowest BCUT2D eigenvalue weighted by Crippen LogP contribution is -2.24. The van der Waals surface area contributed by atoms with Gasteiger partial charge in [-0.25, -0.2) is 9.13 Å². The Morgan fingerprint density at radius 1 is 0.765 bits per heavy atom. The van der Waals surface area contributed by atoms with Gasteiger partial charge in [0.15, 0.2) is 16.6 Å². The van der Waals surface area contributed by atoms with Gasteiger partial charge < -0.3 is 8.43 Å². The van der Waals surface area contributed by atoms with Gasteiger partial charge in [-0.1, -0.05) is 0 Å². The Balaban J connectivity index is 4.72. The Kier molecular flexibility index (Phi) is 5.52. The zero-order chi connectivity index (χ0) is 14.1. The lowest BCUT2D eigenvalue weighted by Gasteiger charge is -2.23. The summed E-state index contributed by atoms with van der Waals surface area (Å²) in [6.45, 7) is 9.20. The molecule has 0 amide bonds. The Morgan fingerprint density at radius 3 is 1.18 bits per heavy atom. The minimum absolute atomic E-state index is 1.53. The van der Waals surface area contributed by atoms with E-state index in [0.29, 0.717) is 0 Å². The fourth-order valence-corrected chi connectivity index (χ4v) is 7.84. The van der Waals surface area contributed by atoms with Crippen LogP contribution in [-0.4, -0.2) is 16.6 Å². The number of halogens is 2. The molecule has 2 unspecified atom stereocenters. The fraction of sp³-hybridized carbons (Fsp3) is 1.00. The molecule has 0 aliphatic carbocycles. The van der Waals surface area contributed by atoms with Gasteiger partial charge in [0.05, 0.1) is 0 Å². The third-order valence-corrected chi connectivity index (χ3v) is 8.65. The van der Waals surface area contributed by atoms with E-state index in [0.717, 1.165) is 0 Å². The van der Waals surface area contributed by atoms with Crippen molar-refractivity contribution in [2.45, 2.75) is 39.3 Å². The first-order valence-electron chi connectivity index (χ1n) is 4.84. The minimum atomic E-state index is -5.20. The summed E-state index contributed by atoms with van der Waals surface area (Å²) in [6.07, 6.45) is 0. The molecule has 0 bridgehead atoms. The lowest BCUT2D eigenvalue weighted by molar-refractivity contribution is 0.281. The Labute approximate surface area is 102 Å². The topological polar surface area (TPSA) is 61.8 Å². The molecule has 0 aliphatic heterocycles. The first-order chi connectivity index (χ1) is 7.12. The molecule has 0 spiro atoms. The van der Waals surface area contributed by atoms with Crippen molar-refractivity contribution in [2.75, 3.05) is 0 Å². The van der Waals surface area contributed by atoms with Crippen molar-refractivity contribution in [2.24, 2.45) is 0 Å². The van der Waals surface area contributed by atoms with E-state index in [1.807, 2.05) is 0 Å². The molecule has 0 rings (SSSR count). The molecule has 0 aliphatic rings. The van der Waals surface area contributed by atoms with E-state index < -0.39 is 32.4 Å². The maximum atomic E-state index is 13.3. The highest BCUT2D eigenvalue weighted by atomic mass is 31.3. The van der Waals surface area contributed by atoms with Crippen LogP contribution in [0.3, 0.4) is 0 Å². The predicted octanol–water partition coefficient (Wildman–Crippen LogP) is 4.86. The van der Waals surface area contributed by atoms with E-state index >= 15 is 0 Å². The maximum Gasteiger partial charge on any atom is 0.512 e. The summed E-state index contributed by atoms with van der Waals surface area (Å²) in [7, 11) is -15.5. The molecule has 0 heterocycles. The third kappa shape index (κ3) is 10.3. The van der Waals surface area contributed by atoms with Crippen molar-refractivity contribution in [3.8, 4) is 0 Å². The molecule has 0 fully saturated rings. The first-order valence-corrected chi connectivity index (χ1v) is 14.5. The number of rotatable bonds is 6. The van der Waals surface area contributed by atoms with Gasteiger partial charge in [0.25, 0.3) is 0 Å². The summed E-state index contributed by atoms with van der Waals surface area (Å²) in [5, 5.41) is 0. The van der Waals surface area contributed by atoms with Crippen LogP contribution < -0.4 is 0 Å². The molecule has 11 heteroatoms. The second-order valence-corrected chi connectivity index (χ2v) is 17.6. The van der Waals surface area contributed by atoms with Crippen molar-refractivity contribution in [1.82, 2.24) is 0 Å². The monoisotopic (exact) mass is 326 g/mol. The molecule has 0 saturated carbocycles. The Morgan fingerprint density at radius 2 is 1.00 bits per heavy atom. The highest BCUT2D eigenvalue weighted by Gasteiger charge is 2.44. The van der Waals surface area contributed by atoms with E-state index in [1.54, 1.807) is 0 Å². The van der Waals surface area contributed by atoms with Crippen LogP contribution in [0.4, 0.5) is 8.39 Å².